The molecule has 6 heteroatoms. The molecule has 0 bridgehead atoms. The number of hydrogen-bond donors (Lipinski definition) is 2. The van der Waals surface area contributed by atoms with Gasteiger partial charge in [0.2, 0.25) is 0 Å². The van der Waals surface area contributed by atoms with E-state index >= 15 is 0 Å². The van der Waals surface area contributed by atoms with Crippen molar-refractivity contribution in [3.63, 3.8) is 0 Å². The van der Waals surface area contributed by atoms with Crippen LogP contribution in [-0.4, -0.2) is 25.7 Å². The van der Waals surface area contributed by atoms with E-state index in [0.717, 1.165) is 5.56 Å². The standard InChI is InChI=1S/C11H14N2O4/c1-16-11(15)13-10(14)7-17-9-4-2-3-8(5-9)6-12/h2-5H,6-7,12H2,1H3,(H,13,14,15). The van der Waals surface area contributed by atoms with Gasteiger partial charge in [-0.1, -0.05) is 12.1 Å². The summed E-state index contributed by atoms with van der Waals surface area (Å²) >= 11 is 0. The molecule has 0 heterocycles. The Balaban J connectivity index is 2.44. The van der Waals surface area contributed by atoms with Crippen molar-refractivity contribution >= 4 is 12.0 Å². The Morgan fingerprint density at radius 2 is 2.18 bits per heavy atom. The molecule has 1 aromatic rings. The lowest BCUT2D eigenvalue weighted by molar-refractivity contribution is -0.122. The van der Waals surface area contributed by atoms with Crippen molar-refractivity contribution in [2.24, 2.45) is 5.73 Å². The van der Waals surface area contributed by atoms with Gasteiger partial charge in [-0.2, -0.15) is 0 Å². The molecule has 0 unspecified atom stereocenters. The molecular weight excluding hydrogens is 224 g/mol. The maximum atomic E-state index is 11.2. The Hall–Kier alpha value is -2.08. The van der Waals surface area contributed by atoms with E-state index in [2.05, 4.69) is 4.74 Å². The number of nitrogens with two attached hydrogens (primary N) is 1. The molecule has 0 atom stereocenters. The van der Waals surface area contributed by atoms with E-state index in [0.29, 0.717) is 12.3 Å². The first-order valence-corrected chi connectivity index (χ1v) is 4.95. The highest BCUT2D eigenvalue weighted by Gasteiger charge is 2.07. The van der Waals surface area contributed by atoms with E-state index in [9.17, 15) is 9.59 Å². The number of hydrogen-bond acceptors (Lipinski definition) is 5. The zero-order valence-electron chi connectivity index (χ0n) is 9.43. The Morgan fingerprint density at radius 1 is 1.41 bits per heavy atom. The molecule has 1 rings (SSSR count). The van der Waals surface area contributed by atoms with Crippen LogP contribution in [-0.2, 0) is 16.1 Å². The number of ether oxygens (including phenoxy) is 2. The largest absolute Gasteiger partial charge is 0.484 e. The van der Waals surface area contributed by atoms with Gasteiger partial charge in [-0.15, -0.1) is 0 Å². The average molecular weight is 238 g/mol. The molecule has 0 saturated heterocycles. The maximum absolute atomic E-state index is 11.2. The van der Waals surface area contributed by atoms with Crippen molar-refractivity contribution in [2.45, 2.75) is 6.54 Å². The number of rotatable bonds is 4. The average Bonchev–Trinajstić information content (AvgIpc) is 2.36. The van der Waals surface area contributed by atoms with Gasteiger partial charge >= 0.3 is 6.09 Å². The lowest BCUT2D eigenvalue weighted by Crippen LogP contribution is -2.34. The minimum Gasteiger partial charge on any atom is -0.484 e. The van der Waals surface area contributed by atoms with Crippen LogP contribution in [0.5, 0.6) is 5.75 Å². The van der Waals surface area contributed by atoms with Gasteiger partial charge in [-0.3, -0.25) is 10.1 Å². The minimum atomic E-state index is -0.811. The van der Waals surface area contributed by atoms with E-state index in [1.54, 1.807) is 18.2 Å². The van der Waals surface area contributed by atoms with Crippen molar-refractivity contribution in [1.82, 2.24) is 5.32 Å². The molecule has 0 fully saturated rings. The highest BCUT2D eigenvalue weighted by atomic mass is 16.5. The molecule has 0 aliphatic heterocycles. The fourth-order valence-corrected chi connectivity index (χ4v) is 1.11. The third-order valence-corrected chi connectivity index (χ3v) is 1.93. The van der Waals surface area contributed by atoms with Crippen LogP contribution in [0.15, 0.2) is 24.3 Å². The molecule has 0 aromatic heterocycles. The number of alkyl carbamates (subject to hydrolysis) is 1. The van der Waals surface area contributed by atoms with Gasteiger partial charge in [-0.25, -0.2) is 4.79 Å². The molecule has 6 nitrogen and oxygen atoms in total. The second-order valence-corrected chi connectivity index (χ2v) is 3.18. The smallest absolute Gasteiger partial charge is 0.413 e. The summed E-state index contributed by atoms with van der Waals surface area (Å²) in [4.78, 5) is 21.9. The quantitative estimate of drug-likeness (QED) is 0.792. The number of carbonyl (C=O) groups is 2. The number of benzene rings is 1. The predicted octanol–water partition coefficient (Wildman–Crippen LogP) is 0.407. The monoisotopic (exact) mass is 238 g/mol. The van der Waals surface area contributed by atoms with Gasteiger partial charge in [0.1, 0.15) is 5.75 Å². The summed E-state index contributed by atoms with van der Waals surface area (Å²) in [5.74, 6) is -0.0528. The number of carbonyl (C=O) groups excluding carboxylic acids is 2. The fraction of sp³-hybridized carbons (Fsp3) is 0.273. The maximum Gasteiger partial charge on any atom is 0.413 e. The molecule has 0 aliphatic carbocycles. The molecule has 92 valence electrons. The summed E-state index contributed by atoms with van der Waals surface area (Å²) in [6.45, 7) is 0.134. The topological polar surface area (TPSA) is 90.6 Å². The Morgan fingerprint density at radius 3 is 2.82 bits per heavy atom. The number of nitrogens with one attached hydrogen (secondary N) is 1. The molecule has 0 saturated carbocycles. The number of methoxy groups -OCH3 is 1. The van der Waals surface area contributed by atoms with Gasteiger partial charge < -0.3 is 15.2 Å². The predicted molar refractivity (Wildman–Crippen MR) is 60.4 cm³/mol. The lowest BCUT2D eigenvalue weighted by Gasteiger charge is -2.07. The third kappa shape index (κ3) is 4.52. The van der Waals surface area contributed by atoms with Crippen LogP contribution in [0, 0.1) is 0 Å². The minimum absolute atomic E-state index is 0.261. The summed E-state index contributed by atoms with van der Waals surface area (Å²) in [6, 6.07) is 7.05. The van der Waals surface area contributed by atoms with Gasteiger partial charge in [-0.05, 0) is 17.7 Å². The third-order valence-electron chi connectivity index (χ3n) is 1.93. The molecule has 0 radical (unpaired) electrons. The highest BCUT2D eigenvalue weighted by Crippen LogP contribution is 2.12. The fourth-order valence-electron chi connectivity index (χ4n) is 1.11. The summed E-state index contributed by atoms with van der Waals surface area (Å²) in [5, 5.41) is 1.98. The van der Waals surface area contributed by atoms with Crippen molar-refractivity contribution in [3.8, 4) is 5.75 Å². The summed E-state index contributed by atoms with van der Waals surface area (Å²) < 4.78 is 9.45. The van der Waals surface area contributed by atoms with E-state index < -0.39 is 12.0 Å². The second kappa shape index (κ2) is 6.49. The van der Waals surface area contributed by atoms with Gasteiger partial charge in [0.15, 0.2) is 6.61 Å². The normalized spacial score (nSPS) is 9.53. The summed E-state index contributed by atoms with van der Waals surface area (Å²) in [6.07, 6.45) is -0.811. The molecule has 17 heavy (non-hydrogen) atoms. The van der Waals surface area contributed by atoms with Crippen molar-refractivity contribution in [3.05, 3.63) is 29.8 Å². The molecule has 2 amide bonds. The molecule has 0 spiro atoms. The van der Waals surface area contributed by atoms with Crippen LogP contribution >= 0.6 is 0 Å². The van der Waals surface area contributed by atoms with E-state index in [-0.39, 0.29) is 6.61 Å². The van der Waals surface area contributed by atoms with Gasteiger partial charge in [0.05, 0.1) is 7.11 Å². The van der Waals surface area contributed by atoms with Gasteiger partial charge in [0, 0.05) is 6.54 Å². The van der Waals surface area contributed by atoms with Crippen LogP contribution < -0.4 is 15.8 Å². The lowest BCUT2D eigenvalue weighted by atomic mass is 10.2. The second-order valence-electron chi connectivity index (χ2n) is 3.18. The van der Waals surface area contributed by atoms with Crippen molar-refractivity contribution < 1.29 is 19.1 Å². The first-order chi connectivity index (χ1) is 8.15. The Bertz CT molecular complexity index is 406. The zero-order chi connectivity index (χ0) is 12.7. The van der Waals surface area contributed by atoms with Crippen LogP contribution in [0.1, 0.15) is 5.56 Å². The summed E-state index contributed by atoms with van der Waals surface area (Å²) in [5.41, 5.74) is 6.36. The van der Waals surface area contributed by atoms with E-state index in [4.69, 9.17) is 10.5 Å². The van der Waals surface area contributed by atoms with Crippen molar-refractivity contribution in [2.75, 3.05) is 13.7 Å². The molecule has 3 N–H and O–H groups in total. The highest BCUT2D eigenvalue weighted by molar-refractivity contribution is 5.92. The number of imide groups is 1. The summed E-state index contributed by atoms with van der Waals surface area (Å²) in [7, 11) is 1.17. The van der Waals surface area contributed by atoms with Crippen LogP contribution in [0.25, 0.3) is 0 Å². The SMILES string of the molecule is COC(=O)NC(=O)COc1cccc(CN)c1. The zero-order valence-corrected chi connectivity index (χ0v) is 9.43. The molecule has 0 aliphatic rings. The molecule has 1 aromatic carbocycles. The van der Waals surface area contributed by atoms with E-state index in [1.165, 1.54) is 7.11 Å². The van der Waals surface area contributed by atoms with Crippen molar-refractivity contribution in [1.29, 1.82) is 0 Å². The van der Waals surface area contributed by atoms with Crippen LogP contribution in [0.4, 0.5) is 4.79 Å². The van der Waals surface area contributed by atoms with Crippen LogP contribution in [0.3, 0.4) is 0 Å². The first-order valence-electron chi connectivity index (χ1n) is 4.95. The Kier molecular flexibility index (Phi) is 4.96. The Labute approximate surface area is 98.7 Å². The number of amides is 2. The first kappa shape index (κ1) is 13.0. The van der Waals surface area contributed by atoms with Crippen LogP contribution in [0.2, 0.25) is 0 Å². The van der Waals surface area contributed by atoms with Gasteiger partial charge in [0.25, 0.3) is 5.91 Å². The molecular formula is C11H14N2O4. The van der Waals surface area contributed by atoms with E-state index in [1.807, 2.05) is 11.4 Å².